The van der Waals surface area contributed by atoms with Gasteiger partial charge in [-0.15, -0.1) is 35.3 Å². The Morgan fingerprint density at radius 1 is 1.23 bits per heavy atom. The van der Waals surface area contributed by atoms with Crippen LogP contribution in [-0.2, 0) is 18.4 Å². The maximum atomic E-state index is 5.38. The van der Waals surface area contributed by atoms with Gasteiger partial charge in [0.1, 0.15) is 10.8 Å². The number of nitrogens with one attached hydrogen (secondary N) is 2. The number of methoxy groups -OCH3 is 1. The van der Waals surface area contributed by atoms with Crippen molar-refractivity contribution in [1.82, 2.24) is 15.6 Å². The van der Waals surface area contributed by atoms with Crippen LogP contribution in [0.25, 0.3) is 0 Å². The number of aromatic nitrogens is 1. The van der Waals surface area contributed by atoms with Crippen LogP contribution >= 0.6 is 35.3 Å². The highest BCUT2D eigenvalue weighted by atomic mass is 127. The quantitative estimate of drug-likeness (QED) is 0.367. The Labute approximate surface area is 177 Å². The predicted molar refractivity (Wildman–Crippen MR) is 121 cm³/mol. The zero-order valence-corrected chi connectivity index (χ0v) is 19.3. The van der Waals surface area contributed by atoms with E-state index in [4.69, 9.17) is 9.72 Å². The molecule has 0 atom stereocenters. The highest BCUT2D eigenvalue weighted by Crippen LogP contribution is 2.23. The monoisotopic (exact) mass is 488 g/mol. The molecule has 0 fully saturated rings. The van der Waals surface area contributed by atoms with Crippen LogP contribution in [0.15, 0.2) is 34.6 Å². The van der Waals surface area contributed by atoms with Gasteiger partial charge in [-0.25, -0.2) is 4.98 Å². The van der Waals surface area contributed by atoms with E-state index in [-0.39, 0.29) is 29.4 Å². The van der Waals surface area contributed by atoms with Gasteiger partial charge in [0.25, 0.3) is 0 Å². The number of hydrogen-bond donors (Lipinski definition) is 2. The fraction of sp³-hybridized carbons (Fsp3) is 0.474. The Morgan fingerprint density at radius 2 is 1.96 bits per heavy atom. The van der Waals surface area contributed by atoms with Crippen molar-refractivity contribution in [2.24, 2.45) is 4.99 Å². The Morgan fingerprint density at radius 3 is 2.58 bits per heavy atom. The number of rotatable bonds is 6. The van der Waals surface area contributed by atoms with Crippen LogP contribution in [0.4, 0.5) is 0 Å². The number of benzene rings is 1. The number of guanidine groups is 1. The number of ether oxygens (including phenoxy) is 1. The molecule has 1 aromatic heterocycles. The summed E-state index contributed by atoms with van der Waals surface area (Å²) in [6, 6.07) is 8.08. The van der Waals surface area contributed by atoms with Crippen LogP contribution in [0.1, 0.15) is 37.0 Å². The van der Waals surface area contributed by atoms with Crippen LogP contribution in [0.5, 0.6) is 5.75 Å². The summed E-state index contributed by atoms with van der Waals surface area (Å²) in [5.41, 5.74) is 2.40. The Balaban J connectivity index is 0.00000338. The molecule has 1 aromatic carbocycles. The zero-order valence-electron chi connectivity index (χ0n) is 16.1. The molecule has 5 nitrogen and oxygen atoms in total. The lowest BCUT2D eigenvalue weighted by Crippen LogP contribution is -2.37. The van der Waals surface area contributed by atoms with Crippen molar-refractivity contribution < 1.29 is 4.74 Å². The minimum absolute atomic E-state index is 0. The third kappa shape index (κ3) is 6.75. The summed E-state index contributed by atoms with van der Waals surface area (Å²) in [4.78, 5) is 8.97. The molecule has 0 amide bonds. The first-order valence-corrected chi connectivity index (χ1v) is 9.33. The maximum Gasteiger partial charge on any atom is 0.191 e. The third-order valence-electron chi connectivity index (χ3n) is 3.83. The van der Waals surface area contributed by atoms with Gasteiger partial charge in [-0.1, -0.05) is 39.0 Å². The number of hydrogen-bond acceptors (Lipinski definition) is 4. The Hall–Kier alpha value is -1.35. The van der Waals surface area contributed by atoms with E-state index in [1.807, 2.05) is 18.2 Å². The van der Waals surface area contributed by atoms with Crippen molar-refractivity contribution in [3.05, 3.63) is 45.9 Å². The lowest BCUT2D eigenvalue weighted by atomic mass is 9.93. The Bertz CT molecular complexity index is 710. The number of thiazole rings is 1. The molecule has 2 N–H and O–H groups in total. The number of nitrogens with zero attached hydrogens (tertiary/aromatic N) is 2. The highest BCUT2D eigenvalue weighted by molar-refractivity contribution is 14.0. The summed E-state index contributed by atoms with van der Waals surface area (Å²) in [5, 5.41) is 9.86. The third-order valence-corrected chi connectivity index (χ3v) is 4.68. The van der Waals surface area contributed by atoms with Crippen LogP contribution < -0.4 is 15.4 Å². The van der Waals surface area contributed by atoms with Gasteiger partial charge in [0, 0.05) is 24.4 Å². The molecule has 2 rings (SSSR count). The average Bonchev–Trinajstić information content (AvgIpc) is 3.07. The molecule has 0 bridgehead atoms. The van der Waals surface area contributed by atoms with Gasteiger partial charge < -0.3 is 15.4 Å². The van der Waals surface area contributed by atoms with Crippen LogP contribution in [0.3, 0.4) is 0 Å². The van der Waals surface area contributed by atoms with E-state index < -0.39 is 0 Å². The first kappa shape index (κ1) is 22.7. The predicted octanol–water partition coefficient (Wildman–Crippen LogP) is 3.97. The average molecular weight is 488 g/mol. The van der Waals surface area contributed by atoms with Gasteiger partial charge in [-0.05, 0) is 18.1 Å². The largest absolute Gasteiger partial charge is 0.496 e. The van der Waals surface area contributed by atoms with E-state index >= 15 is 0 Å². The second-order valence-corrected chi connectivity index (χ2v) is 7.73. The van der Waals surface area contributed by atoms with Crippen LogP contribution in [-0.4, -0.2) is 31.6 Å². The molecular weight excluding hydrogens is 459 g/mol. The molecule has 0 saturated heterocycles. The van der Waals surface area contributed by atoms with E-state index in [1.54, 1.807) is 25.5 Å². The highest BCUT2D eigenvalue weighted by Gasteiger charge is 2.17. The van der Waals surface area contributed by atoms with E-state index in [9.17, 15) is 0 Å². The smallest absolute Gasteiger partial charge is 0.191 e. The summed E-state index contributed by atoms with van der Waals surface area (Å²) >= 11 is 1.68. The first-order valence-electron chi connectivity index (χ1n) is 8.45. The molecule has 0 aliphatic heterocycles. The summed E-state index contributed by atoms with van der Waals surface area (Å²) < 4.78 is 5.38. The topological polar surface area (TPSA) is 58.5 Å². The fourth-order valence-electron chi connectivity index (χ4n) is 2.34. The first-order chi connectivity index (χ1) is 11.9. The normalized spacial score (nSPS) is 11.7. The standard InChI is InChI=1S/C19H28N4OS.HI/c1-19(2,3)16-13-25-17(23-16)12-22-18(20-4)21-11-10-14-8-6-7-9-15(14)24-5;/h6-9,13H,10-12H2,1-5H3,(H2,20,21,22);1H. The van der Waals surface area contributed by atoms with Gasteiger partial charge in [0.15, 0.2) is 5.96 Å². The molecule has 0 saturated carbocycles. The lowest BCUT2D eigenvalue weighted by Gasteiger charge is -2.14. The van der Waals surface area contributed by atoms with Crippen molar-refractivity contribution >= 4 is 41.3 Å². The lowest BCUT2D eigenvalue weighted by molar-refractivity contribution is 0.409. The molecular formula is C19H29IN4OS. The van der Waals surface area contributed by atoms with Gasteiger partial charge in [0.05, 0.1) is 19.3 Å². The van der Waals surface area contributed by atoms with Gasteiger partial charge in [-0.3, -0.25) is 4.99 Å². The molecule has 144 valence electrons. The molecule has 2 aromatic rings. The number of para-hydroxylation sites is 1. The van der Waals surface area contributed by atoms with Gasteiger partial charge in [-0.2, -0.15) is 0 Å². The fourth-order valence-corrected chi connectivity index (χ4v) is 3.30. The van der Waals surface area contributed by atoms with Crippen LogP contribution in [0.2, 0.25) is 0 Å². The van der Waals surface area contributed by atoms with Gasteiger partial charge in [0.2, 0.25) is 0 Å². The molecule has 0 aliphatic rings. The molecule has 0 spiro atoms. The summed E-state index contributed by atoms with van der Waals surface area (Å²) in [7, 11) is 3.48. The maximum absolute atomic E-state index is 5.38. The summed E-state index contributed by atoms with van der Waals surface area (Å²) in [6.07, 6.45) is 0.871. The van der Waals surface area contributed by atoms with E-state index in [0.717, 1.165) is 35.4 Å². The van der Waals surface area contributed by atoms with E-state index in [0.29, 0.717) is 6.54 Å². The molecule has 0 radical (unpaired) electrons. The van der Waals surface area contributed by atoms with Crippen molar-refractivity contribution in [2.75, 3.05) is 20.7 Å². The molecule has 0 unspecified atom stereocenters. The van der Waals surface area contributed by atoms with Gasteiger partial charge >= 0.3 is 0 Å². The van der Waals surface area contributed by atoms with Crippen LogP contribution in [0, 0.1) is 0 Å². The van der Waals surface area contributed by atoms with Crippen molar-refractivity contribution in [1.29, 1.82) is 0 Å². The van der Waals surface area contributed by atoms with E-state index in [1.165, 1.54) is 5.56 Å². The minimum Gasteiger partial charge on any atom is -0.496 e. The SMILES string of the molecule is CN=C(NCCc1ccccc1OC)NCc1nc(C(C)(C)C)cs1.I. The minimum atomic E-state index is 0. The summed E-state index contributed by atoms with van der Waals surface area (Å²) in [5.74, 6) is 1.70. The second-order valence-electron chi connectivity index (χ2n) is 6.79. The number of aliphatic imine (C=N–C) groups is 1. The zero-order chi connectivity index (χ0) is 18.3. The summed E-state index contributed by atoms with van der Waals surface area (Å²) in [6.45, 7) is 7.99. The van der Waals surface area contributed by atoms with E-state index in [2.05, 4.69) is 47.8 Å². The van der Waals surface area contributed by atoms with Crippen molar-refractivity contribution in [3.8, 4) is 5.75 Å². The molecule has 7 heteroatoms. The molecule has 26 heavy (non-hydrogen) atoms. The molecule has 1 heterocycles. The second kappa shape index (κ2) is 10.7. The van der Waals surface area contributed by atoms with Crippen molar-refractivity contribution in [3.63, 3.8) is 0 Å². The molecule has 0 aliphatic carbocycles. The number of halogens is 1. The van der Waals surface area contributed by atoms with Crippen molar-refractivity contribution in [2.45, 2.75) is 39.2 Å². The Kier molecular flexibility index (Phi) is 9.35.